The fourth-order valence-corrected chi connectivity index (χ4v) is 2.11. The maximum Gasteiger partial charge on any atom is 0.0328 e. The molecule has 74 valence electrons. The normalized spacial score (nSPS) is 20.2. The van der Waals surface area contributed by atoms with Crippen molar-refractivity contribution in [2.24, 2.45) is 0 Å². The van der Waals surface area contributed by atoms with Crippen LogP contribution in [0.25, 0.3) is 0 Å². The molecule has 0 spiro atoms. The monoisotopic (exact) mass is 207 g/mol. The van der Waals surface area contributed by atoms with Crippen molar-refractivity contribution in [3.63, 3.8) is 0 Å². The van der Waals surface area contributed by atoms with Gasteiger partial charge in [0.25, 0.3) is 0 Å². The minimum absolute atomic E-state index is 0.513. The van der Waals surface area contributed by atoms with Crippen LogP contribution in [-0.2, 0) is 6.42 Å². The molecule has 0 saturated heterocycles. The van der Waals surface area contributed by atoms with Crippen LogP contribution in [0.2, 0.25) is 0 Å². The molecule has 1 aromatic carbocycles. The Hall–Kier alpha value is -0.790. The topological polar surface area (TPSA) is 12.0 Å². The first-order valence-electron chi connectivity index (χ1n) is 4.98. The van der Waals surface area contributed by atoms with E-state index in [-0.39, 0.29) is 0 Å². The number of hydrogen-bond acceptors (Lipinski definition) is 1. The molecule has 0 heterocycles. The van der Waals surface area contributed by atoms with Crippen LogP contribution in [0.15, 0.2) is 35.9 Å². The zero-order chi connectivity index (χ0) is 9.80. The van der Waals surface area contributed by atoms with Gasteiger partial charge in [0.15, 0.2) is 0 Å². The first-order chi connectivity index (χ1) is 6.92. The number of rotatable bonds is 3. The molecule has 14 heavy (non-hydrogen) atoms. The van der Waals surface area contributed by atoms with Crippen LogP contribution in [0.5, 0.6) is 0 Å². The number of benzene rings is 1. The van der Waals surface area contributed by atoms with Gasteiger partial charge in [0, 0.05) is 18.1 Å². The molecule has 0 amide bonds. The van der Waals surface area contributed by atoms with Gasteiger partial charge in [-0.1, -0.05) is 41.9 Å². The van der Waals surface area contributed by atoms with Gasteiger partial charge in [-0.2, -0.15) is 0 Å². The summed E-state index contributed by atoms with van der Waals surface area (Å²) < 4.78 is 0. The molecule has 1 N–H and O–H groups in total. The van der Waals surface area contributed by atoms with Crippen molar-refractivity contribution in [3.8, 4) is 0 Å². The molecule has 0 aliphatic heterocycles. The Balaban J connectivity index is 2.03. The average Bonchev–Trinajstić information content (AvgIpc) is 2.63. The highest BCUT2D eigenvalue weighted by molar-refractivity contribution is 6.25. The van der Waals surface area contributed by atoms with Crippen LogP contribution < -0.4 is 5.32 Å². The number of nitrogens with one attached hydrogen (secondary N) is 1. The first kappa shape index (κ1) is 9.75. The summed E-state index contributed by atoms with van der Waals surface area (Å²) in [6.07, 6.45) is 4.33. The highest BCUT2D eigenvalue weighted by atomic mass is 35.5. The van der Waals surface area contributed by atoms with Crippen LogP contribution >= 0.6 is 11.6 Å². The molecule has 1 aromatic rings. The predicted octanol–water partition coefficient (Wildman–Crippen LogP) is 3.02. The molecular weight excluding hydrogens is 194 g/mol. The summed E-state index contributed by atoms with van der Waals surface area (Å²) in [6, 6.07) is 9.16. The number of halogens is 1. The molecule has 0 bridgehead atoms. The van der Waals surface area contributed by atoms with Crippen molar-refractivity contribution < 1.29 is 0 Å². The van der Waals surface area contributed by atoms with Gasteiger partial charge in [0.05, 0.1) is 0 Å². The van der Waals surface area contributed by atoms with E-state index in [1.807, 2.05) is 6.08 Å². The molecule has 1 nitrogen and oxygen atoms in total. The minimum atomic E-state index is 0.513. The third-order valence-corrected chi connectivity index (χ3v) is 2.88. The van der Waals surface area contributed by atoms with Gasteiger partial charge >= 0.3 is 0 Å². The Morgan fingerprint density at radius 1 is 1.43 bits per heavy atom. The van der Waals surface area contributed by atoms with Crippen molar-refractivity contribution in [1.82, 2.24) is 5.32 Å². The van der Waals surface area contributed by atoms with Crippen molar-refractivity contribution in [3.05, 3.63) is 47.0 Å². The second-order valence-corrected chi connectivity index (χ2v) is 3.81. The van der Waals surface area contributed by atoms with Crippen molar-refractivity contribution in [2.45, 2.75) is 18.9 Å². The second kappa shape index (κ2) is 4.63. The molecule has 0 aromatic heterocycles. The zero-order valence-electron chi connectivity index (χ0n) is 8.04. The fraction of sp³-hybridized carbons (Fsp3) is 0.333. The van der Waals surface area contributed by atoms with Gasteiger partial charge < -0.3 is 5.32 Å². The van der Waals surface area contributed by atoms with E-state index in [0.717, 1.165) is 6.54 Å². The van der Waals surface area contributed by atoms with E-state index < -0.39 is 0 Å². The van der Waals surface area contributed by atoms with E-state index in [4.69, 9.17) is 11.6 Å². The lowest BCUT2D eigenvalue weighted by atomic mass is 10.1. The molecular formula is C12H14ClN. The SMILES string of the molecule is ClC=CCN[C@@H]1CCc2ccccc21. The third kappa shape index (κ3) is 1.99. The molecule has 0 unspecified atom stereocenters. The summed E-state index contributed by atoms with van der Waals surface area (Å²) in [5.74, 6) is 0. The molecule has 0 radical (unpaired) electrons. The van der Waals surface area contributed by atoms with Crippen LogP contribution in [0, 0.1) is 0 Å². The highest BCUT2D eigenvalue weighted by Crippen LogP contribution is 2.30. The molecule has 1 aliphatic carbocycles. The summed E-state index contributed by atoms with van der Waals surface area (Å²) in [7, 11) is 0. The van der Waals surface area contributed by atoms with Gasteiger partial charge in [-0.05, 0) is 24.0 Å². The summed E-state index contributed by atoms with van der Waals surface area (Å²) in [5, 5.41) is 3.47. The minimum Gasteiger partial charge on any atom is -0.306 e. The van der Waals surface area contributed by atoms with Crippen molar-refractivity contribution in [2.75, 3.05) is 6.54 Å². The van der Waals surface area contributed by atoms with Crippen LogP contribution in [0.1, 0.15) is 23.6 Å². The Kier molecular flexibility index (Phi) is 3.22. The number of fused-ring (bicyclic) bond motifs is 1. The van der Waals surface area contributed by atoms with Crippen molar-refractivity contribution >= 4 is 11.6 Å². The third-order valence-electron chi connectivity index (χ3n) is 2.70. The van der Waals surface area contributed by atoms with E-state index in [2.05, 4.69) is 29.6 Å². The first-order valence-corrected chi connectivity index (χ1v) is 5.42. The molecule has 0 fully saturated rings. The predicted molar refractivity (Wildman–Crippen MR) is 60.5 cm³/mol. The van der Waals surface area contributed by atoms with Crippen LogP contribution in [0.3, 0.4) is 0 Å². The zero-order valence-corrected chi connectivity index (χ0v) is 8.80. The summed E-state index contributed by atoms with van der Waals surface area (Å²) in [5.41, 5.74) is 4.50. The van der Waals surface area contributed by atoms with E-state index in [1.54, 1.807) is 5.54 Å². The highest BCUT2D eigenvalue weighted by Gasteiger charge is 2.20. The Morgan fingerprint density at radius 3 is 3.14 bits per heavy atom. The standard InChI is InChI=1S/C12H14ClN/c13-8-3-9-14-12-7-6-10-4-1-2-5-11(10)12/h1-5,8,12,14H,6-7,9H2/t12-/m1/s1. The van der Waals surface area contributed by atoms with E-state index >= 15 is 0 Å². The largest absolute Gasteiger partial charge is 0.306 e. The fourth-order valence-electron chi connectivity index (χ4n) is 2.02. The summed E-state index contributed by atoms with van der Waals surface area (Å²) in [4.78, 5) is 0. The number of aryl methyl sites for hydroxylation is 1. The van der Waals surface area contributed by atoms with Crippen molar-refractivity contribution in [1.29, 1.82) is 0 Å². The lowest BCUT2D eigenvalue weighted by Crippen LogP contribution is -2.18. The molecule has 2 heteroatoms. The smallest absolute Gasteiger partial charge is 0.0328 e. The maximum atomic E-state index is 5.47. The molecule has 2 rings (SSSR count). The van der Waals surface area contributed by atoms with Gasteiger partial charge in [-0.3, -0.25) is 0 Å². The molecule has 1 atom stereocenters. The van der Waals surface area contributed by atoms with E-state index in [9.17, 15) is 0 Å². The lowest BCUT2D eigenvalue weighted by molar-refractivity contribution is 0.564. The van der Waals surface area contributed by atoms with E-state index in [1.165, 1.54) is 24.0 Å². The Morgan fingerprint density at radius 2 is 2.29 bits per heavy atom. The van der Waals surface area contributed by atoms with E-state index in [0.29, 0.717) is 6.04 Å². The maximum absolute atomic E-state index is 5.47. The average molecular weight is 208 g/mol. The molecule has 1 aliphatic rings. The Bertz CT molecular complexity index is 333. The molecule has 0 saturated carbocycles. The van der Waals surface area contributed by atoms with Gasteiger partial charge in [0.2, 0.25) is 0 Å². The van der Waals surface area contributed by atoms with Gasteiger partial charge in [-0.15, -0.1) is 0 Å². The van der Waals surface area contributed by atoms with Gasteiger partial charge in [-0.25, -0.2) is 0 Å². The summed E-state index contributed by atoms with van der Waals surface area (Å²) >= 11 is 5.47. The van der Waals surface area contributed by atoms with Crippen LogP contribution in [0.4, 0.5) is 0 Å². The quantitative estimate of drug-likeness (QED) is 0.804. The van der Waals surface area contributed by atoms with Gasteiger partial charge in [0.1, 0.15) is 0 Å². The Labute approximate surface area is 89.8 Å². The van der Waals surface area contributed by atoms with Crippen LogP contribution in [-0.4, -0.2) is 6.54 Å². The number of hydrogen-bond donors (Lipinski definition) is 1. The second-order valence-electron chi connectivity index (χ2n) is 3.56. The summed E-state index contributed by atoms with van der Waals surface area (Å²) in [6.45, 7) is 0.850. The lowest BCUT2D eigenvalue weighted by Gasteiger charge is -2.11.